The van der Waals surface area contributed by atoms with E-state index in [1.54, 1.807) is 24.4 Å². The first-order chi connectivity index (χ1) is 21.3. The van der Waals surface area contributed by atoms with Crippen molar-refractivity contribution >= 4 is 17.5 Å². The van der Waals surface area contributed by atoms with Crippen LogP contribution in [0.1, 0.15) is 36.3 Å². The molecule has 0 radical (unpaired) electrons. The molecule has 12 heteroatoms. The number of hydrogen-bond acceptors (Lipinski definition) is 9. The molecule has 6 rings (SSSR count). The fourth-order valence-electron chi connectivity index (χ4n) is 6.02. The monoisotopic (exact) mass is 604 g/mol. The molecule has 0 bridgehead atoms. The van der Waals surface area contributed by atoms with Crippen LogP contribution in [0.5, 0.6) is 5.75 Å². The molecular formula is C32H34F2N6O4. The highest BCUT2D eigenvalue weighted by molar-refractivity contribution is 5.77. The lowest BCUT2D eigenvalue weighted by molar-refractivity contribution is -0.161. The number of benzene rings is 2. The van der Waals surface area contributed by atoms with Crippen molar-refractivity contribution in [1.82, 2.24) is 19.8 Å². The lowest BCUT2D eigenvalue weighted by Crippen LogP contribution is -2.55. The Bertz CT molecular complexity index is 1540. The summed E-state index contributed by atoms with van der Waals surface area (Å²) in [5, 5.41) is 22.1. The number of aliphatic hydroxyl groups excluding tert-OH is 1. The summed E-state index contributed by atoms with van der Waals surface area (Å²) < 4.78 is 40.5. The molecule has 2 aromatic carbocycles. The van der Waals surface area contributed by atoms with Gasteiger partial charge in [0, 0.05) is 30.4 Å². The molecule has 0 aliphatic carbocycles. The van der Waals surface area contributed by atoms with Gasteiger partial charge >= 0.3 is 5.92 Å². The first-order valence-electron chi connectivity index (χ1n) is 14.8. The highest BCUT2D eigenvalue weighted by Gasteiger charge is 2.47. The minimum atomic E-state index is -3.35. The number of alkyl halides is 2. The molecule has 3 aromatic rings. The third-order valence-corrected chi connectivity index (χ3v) is 8.62. The summed E-state index contributed by atoms with van der Waals surface area (Å²) in [4.78, 5) is 24.1. The van der Waals surface area contributed by atoms with Crippen LogP contribution in [-0.2, 0) is 9.53 Å². The predicted octanol–water partition coefficient (Wildman–Crippen LogP) is 3.94. The van der Waals surface area contributed by atoms with Crippen LogP contribution in [0.2, 0.25) is 0 Å². The summed E-state index contributed by atoms with van der Waals surface area (Å²) in [5.74, 6) is -3.20. The third-order valence-electron chi connectivity index (χ3n) is 8.62. The SMILES string of the molecule is N#Cc1cc(-c2ccnc(Nc3cccc(C4CCN(C5COC5)CC4)c3)n2)ccc1OC1CCN(C(=O)CO)CC1(F)F. The van der Waals surface area contributed by atoms with E-state index in [-0.39, 0.29) is 24.3 Å². The number of aromatic nitrogens is 2. The molecule has 230 valence electrons. The zero-order valence-corrected chi connectivity index (χ0v) is 24.2. The number of aliphatic hydroxyl groups is 1. The Morgan fingerprint density at radius 1 is 1.14 bits per heavy atom. The number of piperidine rings is 2. The number of carbonyl (C=O) groups is 1. The van der Waals surface area contributed by atoms with Gasteiger partial charge in [0.25, 0.3) is 0 Å². The lowest BCUT2D eigenvalue weighted by Gasteiger charge is -2.41. The molecule has 1 unspecified atom stereocenters. The Morgan fingerprint density at radius 3 is 2.66 bits per heavy atom. The maximum absolute atomic E-state index is 14.8. The first kappa shape index (κ1) is 29.9. The number of halogens is 2. The van der Waals surface area contributed by atoms with Crippen molar-refractivity contribution in [3.8, 4) is 23.1 Å². The number of nitriles is 1. The molecule has 0 saturated carbocycles. The van der Waals surface area contributed by atoms with Crippen molar-refractivity contribution in [3.63, 3.8) is 0 Å². The number of nitrogens with zero attached hydrogens (tertiary/aromatic N) is 5. The highest BCUT2D eigenvalue weighted by atomic mass is 19.3. The van der Waals surface area contributed by atoms with Crippen LogP contribution >= 0.6 is 0 Å². The molecule has 3 fully saturated rings. The van der Waals surface area contributed by atoms with Crippen molar-refractivity contribution in [1.29, 1.82) is 5.26 Å². The van der Waals surface area contributed by atoms with Crippen LogP contribution in [0.3, 0.4) is 0 Å². The second-order valence-electron chi connectivity index (χ2n) is 11.5. The van der Waals surface area contributed by atoms with E-state index in [0.717, 1.165) is 49.7 Å². The van der Waals surface area contributed by atoms with Gasteiger partial charge in [-0.15, -0.1) is 0 Å². The molecule has 44 heavy (non-hydrogen) atoms. The van der Waals surface area contributed by atoms with Crippen molar-refractivity contribution in [2.75, 3.05) is 51.3 Å². The summed E-state index contributed by atoms with van der Waals surface area (Å²) in [6, 6.07) is 17.3. The largest absolute Gasteiger partial charge is 0.483 e. The third kappa shape index (κ3) is 6.50. The van der Waals surface area contributed by atoms with Gasteiger partial charge in [0.1, 0.15) is 18.4 Å². The number of amides is 1. The molecule has 1 amide bonds. The number of nitrogens with one attached hydrogen (secondary N) is 1. The van der Waals surface area contributed by atoms with Crippen molar-refractivity contribution in [3.05, 3.63) is 65.9 Å². The topological polar surface area (TPSA) is 124 Å². The minimum absolute atomic E-state index is 0.0226. The fourth-order valence-corrected chi connectivity index (χ4v) is 6.02. The van der Waals surface area contributed by atoms with Gasteiger partial charge in [0.2, 0.25) is 11.9 Å². The molecule has 1 aromatic heterocycles. The fraction of sp³-hybridized carbons (Fsp3) is 0.438. The van der Waals surface area contributed by atoms with Crippen LogP contribution in [0, 0.1) is 11.3 Å². The van der Waals surface area contributed by atoms with Crippen LogP contribution in [0.25, 0.3) is 11.3 Å². The van der Waals surface area contributed by atoms with Gasteiger partial charge in [-0.05, 0) is 73.8 Å². The second kappa shape index (κ2) is 12.8. The molecular weight excluding hydrogens is 570 g/mol. The van der Waals surface area contributed by atoms with Crippen LogP contribution in [0.4, 0.5) is 20.4 Å². The van der Waals surface area contributed by atoms with E-state index in [9.17, 15) is 18.8 Å². The van der Waals surface area contributed by atoms with Gasteiger partial charge in [-0.2, -0.15) is 5.26 Å². The van der Waals surface area contributed by atoms with Crippen molar-refractivity contribution in [2.45, 2.75) is 43.2 Å². The van der Waals surface area contributed by atoms with Gasteiger partial charge < -0.3 is 24.8 Å². The second-order valence-corrected chi connectivity index (χ2v) is 11.5. The molecule has 10 nitrogen and oxygen atoms in total. The Morgan fingerprint density at radius 2 is 1.95 bits per heavy atom. The maximum atomic E-state index is 14.8. The molecule has 1 atom stereocenters. The summed E-state index contributed by atoms with van der Waals surface area (Å²) in [7, 11) is 0. The average Bonchev–Trinajstić information content (AvgIpc) is 3.01. The number of hydrogen-bond donors (Lipinski definition) is 2. The molecule has 2 N–H and O–H groups in total. The van der Waals surface area contributed by atoms with E-state index in [1.165, 1.54) is 11.6 Å². The Kier molecular flexibility index (Phi) is 8.70. The number of anilines is 2. The zero-order valence-electron chi connectivity index (χ0n) is 24.2. The number of rotatable bonds is 8. The van der Waals surface area contributed by atoms with Crippen LogP contribution in [-0.4, -0.2) is 94.8 Å². The number of carbonyl (C=O) groups excluding carboxylic acids is 1. The smallest absolute Gasteiger partial charge is 0.301 e. The van der Waals surface area contributed by atoms with Crippen LogP contribution < -0.4 is 10.1 Å². The van der Waals surface area contributed by atoms with E-state index in [0.29, 0.717) is 29.2 Å². The highest BCUT2D eigenvalue weighted by Crippen LogP contribution is 2.35. The van der Waals surface area contributed by atoms with Crippen molar-refractivity contribution < 1.29 is 28.2 Å². The van der Waals surface area contributed by atoms with Crippen molar-refractivity contribution in [2.24, 2.45) is 0 Å². The van der Waals surface area contributed by atoms with Gasteiger partial charge in [0.05, 0.1) is 37.1 Å². The van der Waals surface area contributed by atoms with Gasteiger partial charge in [-0.1, -0.05) is 12.1 Å². The molecule has 4 heterocycles. The summed E-state index contributed by atoms with van der Waals surface area (Å²) in [6.45, 7) is 2.17. The summed E-state index contributed by atoms with van der Waals surface area (Å²) in [6.07, 6.45) is 2.18. The summed E-state index contributed by atoms with van der Waals surface area (Å²) in [5.41, 5.74) is 3.40. The zero-order chi connectivity index (χ0) is 30.7. The Hall–Kier alpha value is -4.18. The molecule has 0 spiro atoms. The van der Waals surface area contributed by atoms with Gasteiger partial charge in [-0.3, -0.25) is 9.69 Å². The average molecular weight is 605 g/mol. The molecule has 3 saturated heterocycles. The van der Waals surface area contributed by atoms with E-state index < -0.39 is 31.1 Å². The Labute approximate surface area is 254 Å². The summed E-state index contributed by atoms with van der Waals surface area (Å²) >= 11 is 0. The van der Waals surface area contributed by atoms with Gasteiger partial charge in [-0.25, -0.2) is 18.7 Å². The first-order valence-corrected chi connectivity index (χ1v) is 14.8. The molecule has 3 aliphatic rings. The minimum Gasteiger partial charge on any atom is -0.483 e. The standard InChI is InChI=1S/C32H34F2N6O4/c33-32(34)20-40(30(42)17-41)13-9-29(32)44-28-5-4-23(14-24(28)16-35)27-6-10-36-31(38-27)37-25-3-1-2-22(15-25)21-7-11-39(12-8-21)26-18-43-19-26/h1-6,10,14-15,21,26,29,41H,7-9,11-13,17-20H2,(H,36,37,38). The van der Waals surface area contributed by atoms with E-state index in [4.69, 9.17) is 14.6 Å². The lowest BCUT2D eigenvalue weighted by atomic mass is 9.88. The van der Waals surface area contributed by atoms with E-state index >= 15 is 0 Å². The normalized spacial score (nSPS) is 20.9. The van der Waals surface area contributed by atoms with Crippen LogP contribution in [0.15, 0.2) is 54.7 Å². The number of likely N-dealkylation sites (tertiary alicyclic amines) is 2. The van der Waals surface area contributed by atoms with E-state index in [1.807, 2.05) is 18.2 Å². The van der Waals surface area contributed by atoms with Gasteiger partial charge in [0.15, 0.2) is 6.10 Å². The van der Waals surface area contributed by atoms with E-state index in [2.05, 4.69) is 32.3 Å². The maximum Gasteiger partial charge on any atom is 0.301 e. The Balaban J connectivity index is 1.12. The molecule has 3 aliphatic heterocycles. The quantitative estimate of drug-likeness (QED) is 0.394. The predicted molar refractivity (Wildman–Crippen MR) is 158 cm³/mol. The number of ether oxygens (including phenoxy) is 2.